The number of aliphatic carboxylic acids is 1. The molecule has 1 fully saturated rings. The van der Waals surface area contributed by atoms with Crippen molar-refractivity contribution in [1.29, 1.82) is 0 Å². The van der Waals surface area contributed by atoms with E-state index >= 15 is 0 Å². The van der Waals surface area contributed by atoms with Crippen LogP contribution in [0.2, 0.25) is 0 Å². The summed E-state index contributed by atoms with van der Waals surface area (Å²) in [7, 11) is -3.66. The SMILES string of the molecule is Nc1ccc(S(=O)(=O)N2CCC[C@@H](C(=O)[O-])C2)cc1. The van der Waals surface area contributed by atoms with Crippen LogP contribution in [0.5, 0.6) is 0 Å². The van der Waals surface area contributed by atoms with E-state index in [9.17, 15) is 18.3 Å². The van der Waals surface area contributed by atoms with Crippen LogP contribution in [0.25, 0.3) is 0 Å². The first-order valence-electron chi connectivity index (χ1n) is 5.98. The number of anilines is 1. The van der Waals surface area contributed by atoms with E-state index in [1.807, 2.05) is 0 Å². The van der Waals surface area contributed by atoms with Crippen molar-refractivity contribution in [2.45, 2.75) is 17.7 Å². The van der Waals surface area contributed by atoms with Gasteiger partial charge in [-0.3, -0.25) is 0 Å². The summed E-state index contributed by atoms with van der Waals surface area (Å²) >= 11 is 0. The monoisotopic (exact) mass is 283 g/mol. The third kappa shape index (κ3) is 2.87. The molecule has 0 spiro atoms. The number of hydrogen-bond donors (Lipinski definition) is 1. The van der Waals surface area contributed by atoms with E-state index in [-0.39, 0.29) is 11.4 Å². The van der Waals surface area contributed by atoms with E-state index < -0.39 is 21.9 Å². The highest BCUT2D eigenvalue weighted by Gasteiger charge is 2.30. The molecule has 2 rings (SSSR count). The number of piperidine rings is 1. The summed E-state index contributed by atoms with van der Waals surface area (Å²) < 4.78 is 25.9. The van der Waals surface area contributed by atoms with Crippen LogP contribution in [0.3, 0.4) is 0 Å². The maximum atomic E-state index is 12.3. The summed E-state index contributed by atoms with van der Waals surface area (Å²) in [6, 6.07) is 5.86. The number of sulfonamides is 1. The summed E-state index contributed by atoms with van der Waals surface area (Å²) in [6.07, 6.45) is 0.975. The summed E-state index contributed by atoms with van der Waals surface area (Å²) in [5.41, 5.74) is 5.99. The Morgan fingerprint density at radius 3 is 2.53 bits per heavy atom. The molecule has 1 aromatic carbocycles. The van der Waals surface area contributed by atoms with E-state index in [0.717, 1.165) is 0 Å². The third-order valence-corrected chi connectivity index (χ3v) is 5.11. The van der Waals surface area contributed by atoms with Gasteiger partial charge in [0.15, 0.2) is 0 Å². The molecule has 1 atom stereocenters. The van der Waals surface area contributed by atoms with Gasteiger partial charge in [0, 0.05) is 30.7 Å². The van der Waals surface area contributed by atoms with E-state index in [1.54, 1.807) is 0 Å². The smallest absolute Gasteiger partial charge is 0.243 e. The molecule has 0 aliphatic carbocycles. The first-order valence-corrected chi connectivity index (χ1v) is 7.42. The molecule has 19 heavy (non-hydrogen) atoms. The maximum absolute atomic E-state index is 12.3. The van der Waals surface area contributed by atoms with Crippen molar-refractivity contribution < 1.29 is 18.3 Å². The second-order valence-corrected chi connectivity index (χ2v) is 6.53. The summed E-state index contributed by atoms with van der Waals surface area (Å²) in [5.74, 6) is -1.94. The lowest BCUT2D eigenvalue weighted by Gasteiger charge is -2.32. The van der Waals surface area contributed by atoms with Gasteiger partial charge < -0.3 is 15.6 Å². The quantitative estimate of drug-likeness (QED) is 0.747. The van der Waals surface area contributed by atoms with Crippen molar-refractivity contribution in [2.75, 3.05) is 18.8 Å². The minimum absolute atomic E-state index is 0.0327. The molecule has 6 nitrogen and oxygen atoms in total. The Morgan fingerprint density at radius 2 is 1.95 bits per heavy atom. The second kappa shape index (κ2) is 5.18. The average molecular weight is 283 g/mol. The fourth-order valence-electron chi connectivity index (χ4n) is 2.14. The van der Waals surface area contributed by atoms with Crippen molar-refractivity contribution in [3.63, 3.8) is 0 Å². The number of rotatable bonds is 3. The van der Waals surface area contributed by atoms with E-state index in [2.05, 4.69) is 0 Å². The van der Waals surface area contributed by atoms with Gasteiger partial charge in [0.25, 0.3) is 0 Å². The molecule has 0 aromatic heterocycles. The van der Waals surface area contributed by atoms with Gasteiger partial charge in [-0.25, -0.2) is 8.42 Å². The molecule has 1 heterocycles. The molecule has 2 N–H and O–H groups in total. The highest BCUT2D eigenvalue weighted by atomic mass is 32.2. The molecule has 0 saturated carbocycles. The number of carbonyl (C=O) groups is 1. The molecule has 104 valence electrons. The number of carboxylic acid groups (broad SMARTS) is 1. The zero-order valence-electron chi connectivity index (χ0n) is 10.3. The van der Waals surface area contributed by atoms with Crippen LogP contribution in [0, 0.1) is 5.92 Å². The molecule has 1 aromatic rings. The Bertz CT molecular complexity index is 568. The van der Waals surface area contributed by atoms with Gasteiger partial charge in [0.2, 0.25) is 10.0 Å². The topological polar surface area (TPSA) is 104 Å². The van der Waals surface area contributed by atoms with E-state index in [0.29, 0.717) is 25.1 Å². The van der Waals surface area contributed by atoms with Gasteiger partial charge in [0.1, 0.15) is 0 Å². The minimum Gasteiger partial charge on any atom is -0.550 e. The standard InChI is InChI=1S/C12H16N2O4S/c13-10-3-5-11(6-4-10)19(17,18)14-7-1-2-9(8-14)12(15)16/h3-6,9H,1-2,7-8,13H2,(H,15,16)/p-1/t9-/m1/s1. The molecule has 0 amide bonds. The lowest BCUT2D eigenvalue weighted by molar-refractivity contribution is -0.312. The predicted octanol–water partition coefficient (Wildman–Crippen LogP) is -0.581. The van der Waals surface area contributed by atoms with Crippen molar-refractivity contribution in [1.82, 2.24) is 4.31 Å². The first kappa shape index (κ1) is 13.8. The lowest BCUT2D eigenvalue weighted by atomic mass is 10.0. The van der Waals surface area contributed by atoms with Crippen LogP contribution in [0.4, 0.5) is 5.69 Å². The number of carbonyl (C=O) groups excluding carboxylic acids is 1. The van der Waals surface area contributed by atoms with Crippen LogP contribution < -0.4 is 10.8 Å². The van der Waals surface area contributed by atoms with Crippen LogP contribution in [0.15, 0.2) is 29.2 Å². The van der Waals surface area contributed by atoms with E-state index in [1.165, 1.54) is 28.6 Å². The van der Waals surface area contributed by atoms with Gasteiger partial charge in [-0.05, 0) is 37.1 Å². The molecule has 7 heteroatoms. The largest absolute Gasteiger partial charge is 0.550 e. The normalized spacial score (nSPS) is 21.2. The van der Waals surface area contributed by atoms with Crippen molar-refractivity contribution in [3.8, 4) is 0 Å². The molecule has 0 unspecified atom stereocenters. The Hall–Kier alpha value is -1.60. The van der Waals surface area contributed by atoms with Gasteiger partial charge in [0.05, 0.1) is 4.90 Å². The predicted molar refractivity (Wildman–Crippen MR) is 67.3 cm³/mol. The van der Waals surface area contributed by atoms with E-state index in [4.69, 9.17) is 5.73 Å². The Kier molecular flexibility index (Phi) is 3.77. The summed E-state index contributed by atoms with van der Waals surface area (Å²) in [6.45, 7) is 0.297. The van der Waals surface area contributed by atoms with Crippen LogP contribution >= 0.6 is 0 Å². The third-order valence-electron chi connectivity index (χ3n) is 3.24. The Labute approximate surface area is 111 Å². The highest BCUT2D eigenvalue weighted by Crippen LogP contribution is 2.23. The molecule has 0 bridgehead atoms. The molecular weight excluding hydrogens is 268 g/mol. The molecule has 1 aliphatic heterocycles. The molecule has 1 aliphatic rings. The van der Waals surface area contributed by atoms with Crippen LogP contribution in [-0.2, 0) is 14.8 Å². The van der Waals surface area contributed by atoms with Gasteiger partial charge in [-0.2, -0.15) is 4.31 Å². The van der Waals surface area contributed by atoms with Crippen LogP contribution in [0.1, 0.15) is 12.8 Å². The van der Waals surface area contributed by atoms with Crippen molar-refractivity contribution in [3.05, 3.63) is 24.3 Å². The number of benzene rings is 1. The average Bonchev–Trinajstić information content (AvgIpc) is 2.39. The minimum atomic E-state index is -3.66. The lowest BCUT2D eigenvalue weighted by Crippen LogP contribution is -2.46. The number of hydrogen-bond acceptors (Lipinski definition) is 5. The molecule has 0 radical (unpaired) electrons. The van der Waals surface area contributed by atoms with Crippen molar-refractivity contribution >= 4 is 21.7 Å². The second-order valence-electron chi connectivity index (χ2n) is 4.59. The summed E-state index contributed by atoms with van der Waals surface area (Å²) in [4.78, 5) is 11.0. The highest BCUT2D eigenvalue weighted by molar-refractivity contribution is 7.89. The number of nitrogen functional groups attached to an aromatic ring is 1. The number of carboxylic acids is 1. The Balaban J connectivity index is 2.24. The van der Waals surface area contributed by atoms with Gasteiger partial charge in [-0.15, -0.1) is 0 Å². The maximum Gasteiger partial charge on any atom is 0.243 e. The Morgan fingerprint density at radius 1 is 1.32 bits per heavy atom. The fraction of sp³-hybridized carbons (Fsp3) is 0.417. The molecular formula is C12H15N2O4S-. The summed E-state index contributed by atoms with van der Waals surface area (Å²) in [5, 5.41) is 10.9. The fourth-order valence-corrected chi connectivity index (χ4v) is 3.67. The van der Waals surface area contributed by atoms with Crippen molar-refractivity contribution in [2.24, 2.45) is 5.92 Å². The zero-order chi connectivity index (χ0) is 14.0. The number of nitrogens with two attached hydrogens (primary N) is 1. The van der Waals surface area contributed by atoms with Crippen LogP contribution in [-0.4, -0.2) is 31.8 Å². The van der Waals surface area contributed by atoms with Gasteiger partial charge >= 0.3 is 0 Å². The number of nitrogens with zero attached hydrogens (tertiary/aromatic N) is 1. The van der Waals surface area contributed by atoms with Gasteiger partial charge in [-0.1, -0.05) is 0 Å². The first-order chi connectivity index (χ1) is 8.91. The zero-order valence-corrected chi connectivity index (χ0v) is 11.1. The molecule has 1 saturated heterocycles.